The SMILES string of the molecule is O=C(NCc1ccc2c(c1)OCO2)c1cccc(C(=O)NC2CC2)n1. The van der Waals surface area contributed by atoms with E-state index in [0.29, 0.717) is 18.0 Å². The maximum Gasteiger partial charge on any atom is 0.270 e. The van der Waals surface area contributed by atoms with Crippen LogP contribution in [0.4, 0.5) is 0 Å². The molecule has 2 heterocycles. The number of pyridine rings is 1. The zero-order valence-electron chi connectivity index (χ0n) is 13.5. The number of hydrogen-bond donors (Lipinski definition) is 2. The molecule has 1 aromatic heterocycles. The number of ether oxygens (including phenoxy) is 2. The zero-order chi connectivity index (χ0) is 17.2. The van der Waals surface area contributed by atoms with Gasteiger partial charge in [-0.25, -0.2) is 4.98 Å². The second-order valence-corrected chi connectivity index (χ2v) is 6.03. The van der Waals surface area contributed by atoms with Crippen LogP contribution in [0.5, 0.6) is 11.5 Å². The first-order valence-electron chi connectivity index (χ1n) is 8.14. The van der Waals surface area contributed by atoms with Crippen LogP contribution in [0.2, 0.25) is 0 Å². The van der Waals surface area contributed by atoms with E-state index in [-0.39, 0.29) is 36.0 Å². The lowest BCUT2D eigenvalue weighted by Gasteiger charge is -2.07. The molecule has 2 aliphatic rings. The second kappa shape index (κ2) is 6.43. The van der Waals surface area contributed by atoms with E-state index in [1.807, 2.05) is 18.2 Å². The number of rotatable bonds is 5. The van der Waals surface area contributed by atoms with E-state index in [1.165, 1.54) is 0 Å². The molecule has 0 spiro atoms. The van der Waals surface area contributed by atoms with Gasteiger partial charge in [0.05, 0.1) is 0 Å². The highest BCUT2D eigenvalue weighted by Gasteiger charge is 2.24. The van der Waals surface area contributed by atoms with Gasteiger partial charge in [-0.15, -0.1) is 0 Å². The maximum atomic E-state index is 12.3. The molecule has 1 aliphatic carbocycles. The van der Waals surface area contributed by atoms with Crippen molar-refractivity contribution < 1.29 is 19.1 Å². The molecule has 2 N–H and O–H groups in total. The first kappa shape index (κ1) is 15.4. The van der Waals surface area contributed by atoms with Crippen LogP contribution in [0, 0.1) is 0 Å². The van der Waals surface area contributed by atoms with Gasteiger partial charge in [0, 0.05) is 12.6 Å². The van der Waals surface area contributed by atoms with E-state index in [0.717, 1.165) is 18.4 Å². The molecule has 1 aromatic carbocycles. The van der Waals surface area contributed by atoms with Crippen molar-refractivity contribution >= 4 is 11.8 Å². The number of nitrogens with zero attached hydrogens (tertiary/aromatic N) is 1. The molecule has 1 fully saturated rings. The fourth-order valence-electron chi connectivity index (χ4n) is 2.50. The molecule has 0 unspecified atom stereocenters. The molecule has 0 saturated heterocycles. The number of amides is 2. The number of carbonyl (C=O) groups excluding carboxylic acids is 2. The van der Waals surface area contributed by atoms with Crippen molar-refractivity contribution in [2.75, 3.05) is 6.79 Å². The molecule has 7 heteroatoms. The van der Waals surface area contributed by atoms with E-state index < -0.39 is 0 Å². The van der Waals surface area contributed by atoms with Gasteiger partial charge in [-0.1, -0.05) is 12.1 Å². The Kier molecular flexibility index (Phi) is 3.97. The maximum absolute atomic E-state index is 12.3. The highest BCUT2D eigenvalue weighted by Crippen LogP contribution is 2.32. The van der Waals surface area contributed by atoms with Crippen molar-refractivity contribution in [2.45, 2.75) is 25.4 Å². The lowest BCUT2D eigenvalue weighted by molar-refractivity contribution is 0.0941. The normalized spacial score (nSPS) is 14.9. The van der Waals surface area contributed by atoms with Gasteiger partial charge >= 0.3 is 0 Å². The standard InChI is InChI=1S/C18H17N3O4/c22-17(19-9-11-4-7-15-16(8-11)25-10-24-15)13-2-1-3-14(21-13)18(23)20-12-5-6-12/h1-4,7-8,12H,5-6,9-10H2,(H,19,22)(H,20,23). The molecule has 0 bridgehead atoms. The summed E-state index contributed by atoms with van der Waals surface area (Å²) in [7, 11) is 0. The fraction of sp³-hybridized carbons (Fsp3) is 0.278. The largest absolute Gasteiger partial charge is 0.454 e. The van der Waals surface area contributed by atoms with Crippen LogP contribution in [0.1, 0.15) is 39.4 Å². The van der Waals surface area contributed by atoms with Crippen LogP contribution in [-0.4, -0.2) is 29.6 Å². The summed E-state index contributed by atoms with van der Waals surface area (Å²) in [5.74, 6) is 0.793. The molecular weight excluding hydrogens is 322 g/mol. The third kappa shape index (κ3) is 3.55. The molecule has 7 nitrogen and oxygen atoms in total. The lowest BCUT2D eigenvalue weighted by atomic mass is 10.2. The summed E-state index contributed by atoms with van der Waals surface area (Å²) >= 11 is 0. The minimum Gasteiger partial charge on any atom is -0.454 e. The molecule has 2 amide bonds. The average Bonchev–Trinajstić information content (AvgIpc) is 3.33. The predicted molar refractivity (Wildman–Crippen MR) is 88.5 cm³/mol. The number of aromatic nitrogens is 1. The number of hydrogen-bond acceptors (Lipinski definition) is 5. The smallest absolute Gasteiger partial charge is 0.270 e. The van der Waals surface area contributed by atoms with Gasteiger partial charge in [0.2, 0.25) is 6.79 Å². The van der Waals surface area contributed by atoms with Crippen molar-refractivity contribution in [2.24, 2.45) is 0 Å². The third-order valence-electron chi connectivity index (χ3n) is 4.02. The van der Waals surface area contributed by atoms with Gasteiger partial charge < -0.3 is 20.1 Å². The molecule has 1 aliphatic heterocycles. The van der Waals surface area contributed by atoms with Gasteiger partial charge in [-0.05, 0) is 42.7 Å². The number of fused-ring (bicyclic) bond motifs is 1. The van der Waals surface area contributed by atoms with Crippen molar-refractivity contribution in [3.05, 3.63) is 53.3 Å². The van der Waals surface area contributed by atoms with E-state index in [4.69, 9.17) is 9.47 Å². The van der Waals surface area contributed by atoms with Crippen LogP contribution >= 0.6 is 0 Å². The monoisotopic (exact) mass is 339 g/mol. The highest BCUT2D eigenvalue weighted by molar-refractivity contribution is 5.96. The number of benzene rings is 1. The van der Waals surface area contributed by atoms with Crippen molar-refractivity contribution in [1.82, 2.24) is 15.6 Å². The van der Waals surface area contributed by atoms with Gasteiger partial charge in [-0.2, -0.15) is 0 Å². The van der Waals surface area contributed by atoms with Crippen molar-refractivity contribution in [1.29, 1.82) is 0 Å². The van der Waals surface area contributed by atoms with E-state index in [1.54, 1.807) is 18.2 Å². The van der Waals surface area contributed by atoms with Gasteiger partial charge in [0.15, 0.2) is 11.5 Å². The van der Waals surface area contributed by atoms with Crippen LogP contribution < -0.4 is 20.1 Å². The lowest BCUT2D eigenvalue weighted by Crippen LogP contribution is -2.28. The van der Waals surface area contributed by atoms with E-state index >= 15 is 0 Å². The third-order valence-corrected chi connectivity index (χ3v) is 4.02. The molecular formula is C18H17N3O4. The fourth-order valence-corrected chi connectivity index (χ4v) is 2.50. The van der Waals surface area contributed by atoms with Crippen LogP contribution in [0.15, 0.2) is 36.4 Å². The Morgan fingerprint density at radius 3 is 2.60 bits per heavy atom. The molecule has 0 atom stereocenters. The molecule has 128 valence electrons. The number of nitrogens with one attached hydrogen (secondary N) is 2. The molecule has 4 rings (SSSR count). The van der Waals surface area contributed by atoms with Crippen molar-refractivity contribution in [3.8, 4) is 11.5 Å². The summed E-state index contributed by atoms with van der Waals surface area (Å²) in [6, 6.07) is 10.6. The second-order valence-electron chi connectivity index (χ2n) is 6.03. The Morgan fingerprint density at radius 1 is 1.04 bits per heavy atom. The van der Waals surface area contributed by atoms with Gasteiger partial charge in [-0.3, -0.25) is 9.59 Å². The van der Waals surface area contributed by atoms with E-state index in [2.05, 4.69) is 15.6 Å². The average molecular weight is 339 g/mol. The number of carbonyl (C=O) groups is 2. The van der Waals surface area contributed by atoms with Gasteiger partial charge in [0.1, 0.15) is 11.4 Å². The summed E-state index contributed by atoms with van der Waals surface area (Å²) in [5.41, 5.74) is 1.35. The Hall–Kier alpha value is -3.09. The van der Waals surface area contributed by atoms with Gasteiger partial charge in [0.25, 0.3) is 11.8 Å². The topological polar surface area (TPSA) is 89.5 Å². The molecule has 1 saturated carbocycles. The first-order valence-corrected chi connectivity index (χ1v) is 8.14. The Morgan fingerprint density at radius 2 is 1.80 bits per heavy atom. The van der Waals surface area contributed by atoms with Crippen molar-refractivity contribution in [3.63, 3.8) is 0 Å². The summed E-state index contributed by atoms with van der Waals surface area (Å²) in [4.78, 5) is 28.5. The minimum absolute atomic E-state index is 0.212. The van der Waals surface area contributed by atoms with E-state index in [9.17, 15) is 9.59 Å². The quantitative estimate of drug-likeness (QED) is 0.864. The minimum atomic E-state index is -0.335. The molecule has 2 aromatic rings. The predicted octanol–water partition coefficient (Wildman–Crippen LogP) is 1.63. The summed E-state index contributed by atoms with van der Waals surface area (Å²) < 4.78 is 10.6. The Labute approximate surface area is 144 Å². The first-order chi connectivity index (χ1) is 12.2. The van der Waals surface area contributed by atoms with Crippen LogP contribution in [0.3, 0.4) is 0 Å². The molecule has 25 heavy (non-hydrogen) atoms. The van der Waals surface area contributed by atoms with Crippen LogP contribution in [0.25, 0.3) is 0 Å². The Bertz CT molecular complexity index is 833. The molecule has 0 radical (unpaired) electrons. The van der Waals surface area contributed by atoms with Crippen LogP contribution in [-0.2, 0) is 6.54 Å². The Balaban J connectivity index is 1.39. The summed E-state index contributed by atoms with van der Waals surface area (Å²) in [6.45, 7) is 0.542. The summed E-state index contributed by atoms with van der Waals surface area (Å²) in [6.07, 6.45) is 2.00. The summed E-state index contributed by atoms with van der Waals surface area (Å²) in [5, 5.41) is 5.66. The highest BCUT2D eigenvalue weighted by atomic mass is 16.7. The zero-order valence-corrected chi connectivity index (χ0v) is 13.5.